The molecular formula is C10H14N4O2. The molecule has 1 aromatic rings. The second kappa shape index (κ2) is 4.36. The molecule has 16 heavy (non-hydrogen) atoms. The van der Waals surface area contributed by atoms with Crippen molar-refractivity contribution in [2.75, 3.05) is 24.3 Å². The highest BCUT2D eigenvalue weighted by Gasteiger charge is 2.16. The molecule has 1 fully saturated rings. The molecule has 0 spiro atoms. The van der Waals surface area contributed by atoms with Gasteiger partial charge in [-0.3, -0.25) is 4.79 Å². The van der Waals surface area contributed by atoms with Crippen LogP contribution < -0.4 is 16.8 Å². The number of hydrogen-bond acceptors (Lipinski definition) is 5. The lowest BCUT2D eigenvalue weighted by Gasteiger charge is -2.12. The maximum absolute atomic E-state index is 11.1. The largest absolute Gasteiger partial charge is 0.397 e. The van der Waals surface area contributed by atoms with Gasteiger partial charge >= 0.3 is 0 Å². The van der Waals surface area contributed by atoms with E-state index in [1.165, 1.54) is 6.20 Å². The monoisotopic (exact) mass is 222 g/mol. The molecule has 6 heteroatoms. The number of ether oxygens (including phenoxy) is 1. The Hall–Kier alpha value is -1.82. The first-order valence-corrected chi connectivity index (χ1v) is 5.06. The minimum Gasteiger partial charge on any atom is -0.397 e. The Balaban J connectivity index is 2.15. The zero-order valence-corrected chi connectivity index (χ0v) is 8.77. The van der Waals surface area contributed by atoms with Crippen LogP contribution in [0.4, 0.5) is 11.5 Å². The first-order chi connectivity index (χ1) is 7.66. The zero-order chi connectivity index (χ0) is 11.5. The Morgan fingerprint density at radius 3 is 3.06 bits per heavy atom. The normalized spacial score (nSPS) is 19.6. The van der Waals surface area contributed by atoms with E-state index in [1.807, 2.05) is 0 Å². The third kappa shape index (κ3) is 2.22. The van der Waals surface area contributed by atoms with Crippen LogP contribution in [0.15, 0.2) is 12.3 Å². The number of rotatable bonds is 3. The highest BCUT2D eigenvalue weighted by molar-refractivity contribution is 5.98. The van der Waals surface area contributed by atoms with Crippen LogP contribution in [0.1, 0.15) is 16.8 Å². The third-order valence-electron chi connectivity index (χ3n) is 2.48. The summed E-state index contributed by atoms with van der Waals surface area (Å²) in [4.78, 5) is 15.2. The molecule has 0 aromatic carbocycles. The molecule has 1 unspecified atom stereocenters. The fourth-order valence-corrected chi connectivity index (χ4v) is 1.62. The molecule has 86 valence electrons. The predicted octanol–water partition coefficient (Wildman–Crippen LogP) is -0.0365. The smallest absolute Gasteiger partial charge is 0.250 e. The molecule has 1 saturated heterocycles. The molecular weight excluding hydrogens is 208 g/mol. The average Bonchev–Trinajstić information content (AvgIpc) is 2.73. The van der Waals surface area contributed by atoms with E-state index in [9.17, 15) is 4.79 Å². The number of nitrogens with two attached hydrogens (primary N) is 2. The number of nitrogen functional groups attached to an aromatic ring is 1. The summed E-state index contributed by atoms with van der Waals surface area (Å²) in [5.74, 6) is 0.0455. The molecule has 1 atom stereocenters. The number of carbonyl (C=O) groups is 1. The van der Waals surface area contributed by atoms with Crippen molar-refractivity contribution in [3.05, 3.63) is 17.8 Å². The van der Waals surface area contributed by atoms with Gasteiger partial charge in [-0.1, -0.05) is 0 Å². The van der Waals surface area contributed by atoms with Gasteiger partial charge in [0.2, 0.25) is 0 Å². The van der Waals surface area contributed by atoms with E-state index < -0.39 is 5.91 Å². The van der Waals surface area contributed by atoms with Gasteiger partial charge in [-0.2, -0.15) is 0 Å². The third-order valence-corrected chi connectivity index (χ3v) is 2.48. The molecule has 0 saturated carbocycles. The van der Waals surface area contributed by atoms with E-state index in [2.05, 4.69) is 10.3 Å². The van der Waals surface area contributed by atoms with E-state index in [0.29, 0.717) is 18.1 Å². The van der Waals surface area contributed by atoms with Crippen molar-refractivity contribution in [3.8, 4) is 0 Å². The van der Waals surface area contributed by atoms with Crippen molar-refractivity contribution in [1.82, 2.24) is 4.98 Å². The van der Waals surface area contributed by atoms with Crippen LogP contribution in [0, 0.1) is 0 Å². The highest BCUT2D eigenvalue weighted by atomic mass is 16.5. The van der Waals surface area contributed by atoms with Gasteiger partial charge in [0.15, 0.2) is 0 Å². The van der Waals surface area contributed by atoms with Crippen molar-refractivity contribution >= 4 is 17.4 Å². The van der Waals surface area contributed by atoms with Crippen LogP contribution in [0.3, 0.4) is 0 Å². The van der Waals surface area contributed by atoms with Gasteiger partial charge in [0.1, 0.15) is 5.82 Å². The Morgan fingerprint density at radius 2 is 2.44 bits per heavy atom. The van der Waals surface area contributed by atoms with Crippen LogP contribution in [0.2, 0.25) is 0 Å². The summed E-state index contributed by atoms with van der Waals surface area (Å²) >= 11 is 0. The number of carbonyl (C=O) groups excluding carboxylic acids is 1. The lowest BCUT2D eigenvalue weighted by Crippen LogP contribution is -2.21. The standard InChI is InChI=1S/C10H14N4O2/c11-8-4-13-9(3-7(8)10(12)15)14-6-1-2-16-5-6/h3-4,6H,1-2,5,11H2,(H2,12,15)(H,13,14). The molecule has 1 aliphatic heterocycles. The Labute approximate surface area is 93.0 Å². The van der Waals surface area contributed by atoms with Crippen molar-refractivity contribution in [1.29, 1.82) is 0 Å². The summed E-state index contributed by atoms with van der Waals surface area (Å²) in [5.41, 5.74) is 11.4. The van der Waals surface area contributed by atoms with Crippen LogP contribution in [-0.2, 0) is 4.74 Å². The minimum atomic E-state index is -0.550. The van der Waals surface area contributed by atoms with Crippen LogP contribution >= 0.6 is 0 Å². The van der Waals surface area contributed by atoms with E-state index in [0.717, 1.165) is 13.0 Å². The molecule has 1 amide bonds. The lowest BCUT2D eigenvalue weighted by molar-refractivity contribution is 0.100. The quantitative estimate of drug-likeness (QED) is 0.666. The topological polar surface area (TPSA) is 103 Å². The molecule has 2 heterocycles. The number of pyridine rings is 1. The molecule has 1 aliphatic rings. The van der Waals surface area contributed by atoms with Gasteiger partial charge in [0.05, 0.1) is 30.1 Å². The van der Waals surface area contributed by atoms with Gasteiger partial charge in [-0.05, 0) is 12.5 Å². The van der Waals surface area contributed by atoms with Gasteiger partial charge in [-0.15, -0.1) is 0 Å². The second-order valence-electron chi connectivity index (χ2n) is 3.73. The number of nitrogens with zero attached hydrogens (tertiary/aromatic N) is 1. The van der Waals surface area contributed by atoms with Gasteiger partial charge in [0.25, 0.3) is 5.91 Å². The number of hydrogen-bond donors (Lipinski definition) is 3. The number of nitrogens with one attached hydrogen (secondary N) is 1. The molecule has 6 nitrogen and oxygen atoms in total. The summed E-state index contributed by atoms with van der Waals surface area (Å²) in [6.07, 6.45) is 2.36. The van der Waals surface area contributed by atoms with Crippen LogP contribution in [-0.4, -0.2) is 30.1 Å². The van der Waals surface area contributed by atoms with Crippen molar-refractivity contribution in [3.63, 3.8) is 0 Å². The van der Waals surface area contributed by atoms with Crippen molar-refractivity contribution < 1.29 is 9.53 Å². The number of anilines is 2. The molecule has 0 radical (unpaired) electrons. The summed E-state index contributed by atoms with van der Waals surface area (Å²) in [7, 11) is 0. The number of aromatic nitrogens is 1. The van der Waals surface area contributed by atoms with Crippen LogP contribution in [0.5, 0.6) is 0 Å². The fraction of sp³-hybridized carbons (Fsp3) is 0.400. The lowest BCUT2D eigenvalue weighted by atomic mass is 10.2. The summed E-state index contributed by atoms with van der Waals surface area (Å²) < 4.78 is 5.22. The summed E-state index contributed by atoms with van der Waals surface area (Å²) in [6, 6.07) is 1.80. The molecule has 2 rings (SSSR count). The second-order valence-corrected chi connectivity index (χ2v) is 3.73. The van der Waals surface area contributed by atoms with E-state index >= 15 is 0 Å². The van der Waals surface area contributed by atoms with Crippen molar-refractivity contribution in [2.24, 2.45) is 5.73 Å². The highest BCUT2D eigenvalue weighted by Crippen LogP contribution is 2.16. The Morgan fingerprint density at radius 1 is 1.62 bits per heavy atom. The first-order valence-electron chi connectivity index (χ1n) is 5.06. The summed E-state index contributed by atoms with van der Waals surface area (Å²) in [5, 5.41) is 3.16. The zero-order valence-electron chi connectivity index (χ0n) is 8.77. The maximum Gasteiger partial charge on any atom is 0.250 e. The number of amides is 1. The van der Waals surface area contributed by atoms with E-state index in [4.69, 9.17) is 16.2 Å². The Bertz CT molecular complexity index is 402. The molecule has 5 N–H and O–H groups in total. The predicted molar refractivity (Wildman–Crippen MR) is 60.0 cm³/mol. The van der Waals surface area contributed by atoms with Gasteiger partial charge in [0, 0.05) is 6.61 Å². The fourth-order valence-electron chi connectivity index (χ4n) is 1.62. The maximum atomic E-state index is 11.1. The summed E-state index contributed by atoms with van der Waals surface area (Å²) in [6.45, 7) is 1.40. The Kier molecular flexibility index (Phi) is 2.91. The van der Waals surface area contributed by atoms with E-state index in [1.54, 1.807) is 6.07 Å². The number of primary amides is 1. The van der Waals surface area contributed by atoms with Crippen LogP contribution in [0.25, 0.3) is 0 Å². The van der Waals surface area contributed by atoms with E-state index in [-0.39, 0.29) is 11.6 Å². The SMILES string of the molecule is NC(=O)c1cc(NC2CCOC2)ncc1N. The molecule has 0 aliphatic carbocycles. The molecule has 0 bridgehead atoms. The first kappa shape index (κ1) is 10.7. The van der Waals surface area contributed by atoms with Crippen molar-refractivity contribution in [2.45, 2.75) is 12.5 Å². The van der Waals surface area contributed by atoms with Gasteiger partial charge in [-0.25, -0.2) is 4.98 Å². The molecule has 1 aromatic heterocycles. The average molecular weight is 222 g/mol. The minimum absolute atomic E-state index is 0.233. The van der Waals surface area contributed by atoms with Gasteiger partial charge < -0.3 is 21.5 Å².